The van der Waals surface area contributed by atoms with Gasteiger partial charge < -0.3 is 15.5 Å². The molecule has 12 heteroatoms. The lowest BCUT2D eigenvalue weighted by molar-refractivity contribution is -0.137. The summed E-state index contributed by atoms with van der Waals surface area (Å²) in [4.78, 5) is 42.4. The van der Waals surface area contributed by atoms with E-state index in [1.807, 2.05) is 0 Å². The maximum absolute atomic E-state index is 13.0. The van der Waals surface area contributed by atoms with Crippen LogP contribution in [-0.2, 0) is 20.6 Å². The maximum Gasteiger partial charge on any atom is 0.416 e. The lowest BCUT2D eigenvalue weighted by Gasteiger charge is -2.18. The lowest BCUT2D eigenvalue weighted by atomic mass is 10.1. The molecule has 2 heterocycles. The Hall–Kier alpha value is -4.22. The lowest BCUT2D eigenvalue weighted by Crippen LogP contribution is -2.28. The molecule has 182 valence electrons. The van der Waals surface area contributed by atoms with Gasteiger partial charge in [-0.2, -0.15) is 18.3 Å². The highest BCUT2D eigenvalue weighted by atomic mass is 19.4. The zero-order valence-electron chi connectivity index (χ0n) is 18.5. The second-order valence-corrected chi connectivity index (χ2v) is 8.06. The van der Waals surface area contributed by atoms with Gasteiger partial charge >= 0.3 is 6.18 Å². The molecule has 0 bridgehead atoms. The van der Waals surface area contributed by atoms with Crippen molar-refractivity contribution in [1.82, 2.24) is 14.8 Å². The van der Waals surface area contributed by atoms with Gasteiger partial charge in [0.1, 0.15) is 18.7 Å². The standard InChI is InChI=1S/C23H21F3N6O3/c1-14(32-13-27-12-28-32)21(34)29-17-5-7-18(8-6-17)30-22(35)15-9-20(33)31(11-15)19-4-2-3-16(10-19)23(24,25)26/h2-8,10,12-15H,9,11H2,1H3,(H,29,34)(H,30,35). The van der Waals surface area contributed by atoms with Crippen molar-refractivity contribution < 1.29 is 27.6 Å². The van der Waals surface area contributed by atoms with Crippen molar-refractivity contribution in [3.8, 4) is 0 Å². The van der Waals surface area contributed by atoms with Gasteiger partial charge in [0.25, 0.3) is 0 Å². The monoisotopic (exact) mass is 486 g/mol. The van der Waals surface area contributed by atoms with E-state index in [2.05, 4.69) is 20.7 Å². The van der Waals surface area contributed by atoms with Gasteiger partial charge in [-0.3, -0.25) is 14.4 Å². The first-order valence-electron chi connectivity index (χ1n) is 10.7. The number of alkyl halides is 3. The van der Waals surface area contributed by atoms with Crippen LogP contribution in [0.4, 0.5) is 30.2 Å². The van der Waals surface area contributed by atoms with Crippen LogP contribution in [0.15, 0.2) is 61.2 Å². The molecular formula is C23H21F3N6O3. The van der Waals surface area contributed by atoms with E-state index < -0.39 is 35.5 Å². The van der Waals surface area contributed by atoms with Crippen LogP contribution in [0.2, 0.25) is 0 Å². The fraction of sp³-hybridized carbons (Fsp3) is 0.261. The number of benzene rings is 2. The summed E-state index contributed by atoms with van der Waals surface area (Å²) in [6.07, 6.45) is -1.88. The zero-order valence-corrected chi connectivity index (χ0v) is 18.5. The summed E-state index contributed by atoms with van der Waals surface area (Å²) in [7, 11) is 0. The molecule has 2 unspecified atom stereocenters. The van der Waals surface area contributed by atoms with Crippen LogP contribution in [0.1, 0.15) is 24.9 Å². The van der Waals surface area contributed by atoms with Crippen LogP contribution in [-0.4, -0.2) is 39.0 Å². The second-order valence-electron chi connectivity index (χ2n) is 8.06. The van der Waals surface area contributed by atoms with E-state index in [0.717, 1.165) is 12.1 Å². The van der Waals surface area contributed by atoms with Gasteiger partial charge in [0.15, 0.2) is 0 Å². The van der Waals surface area contributed by atoms with Gasteiger partial charge in [-0.15, -0.1) is 0 Å². The third-order valence-corrected chi connectivity index (χ3v) is 5.61. The predicted molar refractivity (Wildman–Crippen MR) is 120 cm³/mol. The van der Waals surface area contributed by atoms with Gasteiger partial charge in [0.05, 0.1) is 11.5 Å². The highest BCUT2D eigenvalue weighted by Gasteiger charge is 2.37. The van der Waals surface area contributed by atoms with E-state index in [0.29, 0.717) is 11.4 Å². The summed E-state index contributed by atoms with van der Waals surface area (Å²) in [6.45, 7) is 1.64. The smallest absolute Gasteiger partial charge is 0.326 e. The summed E-state index contributed by atoms with van der Waals surface area (Å²) >= 11 is 0. The SMILES string of the molecule is CC(C(=O)Nc1ccc(NC(=O)C2CC(=O)N(c3cccc(C(F)(F)F)c3)C2)cc1)n1cncn1. The number of aromatic nitrogens is 3. The highest BCUT2D eigenvalue weighted by Crippen LogP contribution is 2.33. The average molecular weight is 486 g/mol. The quantitative estimate of drug-likeness (QED) is 0.555. The first kappa shape index (κ1) is 23.9. The number of nitrogens with zero attached hydrogens (tertiary/aromatic N) is 4. The molecule has 4 rings (SSSR count). The fourth-order valence-corrected chi connectivity index (χ4v) is 3.65. The zero-order chi connectivity index (χ0) is 25.2. The Balaban J connectivity index is 1.35. The molecular weight excluding hydrogens is 465 g/mol. The molecule has 2 atom stereocenters. The largest absolute Gasteiger partial charge is 0.416 e. The number of amides is 3. The number of rotatable bonds is 6. The highest BCUT2D eigenvalue weighted by molar-refractivity contribution is 6.03. The van der Waals surface area contributed by atoms with E-state index in [4.69, 9.17) is 0 Å². The van der Waals surface area contributed by atoms with E-state index >= 15 is 0 Å². The molecule has 3 aromatic rings. The summed E-state index contributed by atoms with van der Waals surface area (Å²) in [5.41, 5.74) is 0.188. The van der Waals surface area contributed by atoms with Crippen LogP contribution in [0.3, 0.4) is 0 Å². The summed E-state index contributed by atoms with van der Waals surface area (Å²) in [6, 6.07) is 10.3. The molecule has 2 N–H and O–H groups in total. The van der Waals surface area contributed by atoms with Crippen molar-refractivity contribution >= 4 is 34.8 Å². The molecule has 1 aliphatic rings. The van der Waals surface area contributed by atoms with Crippen molar-refractivity contribution in [1.29, 1.82) is 0 Å². The molecule has 0 spiro atoms. The maximum atomic E-state index is 13.0. The van der Waals surface area contributed by atoms with Crippen molar-refractivity contribution in [3.05, 3.63) is 66.7 Å². The molecule has 1 aromatic heterocycles. The predicted octanol–water partition coefficient (Wildman–Crippen LogP) is 3.49. The van der Waals surface area contributed by atoms with Gasteiger partial charge in [0.2, 0.25) is 17.7 Å². The number of nitrogens with one attached hydrogen (secondary N) is 2. The first-order valence-corrected chi connectivity index (χ1v) is 10.7. The Kier molecular flexibility index (Phi) is 6.54. The summed E-state index contributed by atoms with van der Waals surface area (Å²) in [5, 5.41) is 9.37. The van der Waals surface area contributed by atoms with E-state index in [9.17, 15) is 27.6 Å². The normalized spacial score (nSPS) is 16.7. The molecule has 0 aliphatic carbocycles. The van der Waals surface area contributed by atoms with E-state index in [1.54, 1.807) is 31.2 Å². The summed E-state index contributed by atoms with van der Waals surface area (Å²) in [5.74, 6) is -1.88. The third kappa shape index (κ3) is 5.48. The third-order valence-electron chi connectivity index (χ3n) is 5.61. The Labute approximate surface area is 197 Å². The molecule has 0 saturated carbocycles. The Morgan fingerprint density at radius 2 is 1.77 bits per heavy atom. The van der Waals surface area contributed by atoms with Crippen LogP contribution < -0.4 is 15.5 Å². The molecule has 1 aliphatic heterocycles. The minimum absolute atomic E-state index is 0.0275. The summed E-state index contributed by atoms with van der Waals surface area (Å²) < 4.78 is 40.4. The Morgan fingerprint density at radius 1 is 1.09 bits per heavy atom. The topological polar surface area (TPSA) is 109 Å². The van der Waals surface area contributed by atoms with Gasteiger partial charge in [-0.05, 0) is 49.4 Å². The minimum atomic E-state index is -4.53. The van der Waals surface area contributed by atoms with Crippen molar-refractivity contribution in [2.24, 2.45) is 5.92 Å². The molecule has 9 nitrogen and oxygen atoms in total. The molecule has 3 amide bonds. The molecule has 0 radical (unpaired) electrons. The van der Waals surface area contributed by atoms with Gasteiger partial charge in [-0.1, -0.05) is 6.07 Å². The van der Waals surface area contributed by atoms with Crippen molar-refractivity contribution in [2.75, 3.05) is 22.1 Å². The second kappa shape index (κ2) is 9.57. The number of hydrogen-bond acceptors (Lipinski definition) is 5. The van der Waals surface area contributed by atoms with E-state index in [1.165, 1.54) is 34.4 Å². The van der Waals surface area contributed by atoms with Crippen LogP contribution in [0.5, 0.6) is 0 Å². The van der Waals surface area contributed by atoms with Crippen molar-refractivity contribution in [2.45, 2.75) is 25.6 Å². The van der Waals surface area contributed by atoms with Gasteiger partial charge in [0, 0.05) is 30.0 Å². The number of carbonyl (C=O) groups is 3. The fourth-order valence-electron chi connectivity index (χ4n) is 3.65. The number of anilines is 3. The van der Waals surface area contributed by atoms with Crippen LogP contribution in [0, 0.1) is 5.92 Å². The Bertz CT molecular complexity index is 1230. The van der Waals surface area contributed by atoms with Crippen molar-refractivity contribution in [3.63, 3.8) is 0 Å². The molecule has 2 aromatic carbocycles. The van der Waals surface area contributed by atoms with E-state index in [-0.39, 0.29) is 24.6 Å². The van der Waals surface area contributed by atoms with Crippen LogP contribution in [0.25, 0.3) is 0 Å². The van der Waals surface area contributed by atoms with Gasteiger partial charge in [-0.25, -0.2) is 9.67 Å². The molecule has 35 heavy (non-hydrogen) atoms. The first-order chi connectivity index (χ1) is 16.6. The molecule has 1 saturated heterocycles. The Morgan fingerprint density at radius 3 is 2.40 bits per heavy atom. The molecule has 1 fully saturated rings. The minimum Gasteiger partial charge on any atom is -0.326 e. The number of halogens is 3. The average Bonchev–Trinajstić information content (AvgIpc) is 3.49. The number of carbonyl (C=O) groups excluding carboxylic acids is 3. The number of hydrogen-bond donors (Lipinski definition) is 2. The van der Waals surface area contributed by atoms with Crippen LogP contribution >= 0.6 is 0 Å².